The van der Waals surface area contributed by atoms with Gasteiger partial charge < -0.3 is 18.6 Å². The van der Waals surface area contributed by atoms with Crippen molar-refractivity contribution in [1.29, 1.82) is 0 Å². The molecule has 0 aromatic heterocycles. The average Bonchev–Trinajstić information content (AvgIpc) is 2.45. The summed E-state index contributed by atoms with van der Waals surface area (Å²) in [5.74, 6) is -1.05. The van der Waals surface area contributed by atoms with Crippen molar-refractivity contribution in [1.82, 2.24) is 0 Å². The van der Waals surface area contributed by atoms with Gasteiger partial charge in [-0.3, -0.25) is 0 Å². The van der Waals surface area contributed by atoms with Crippen molar-refractivity contribution in [2.75, 3.05) is 26.4 Å². The molecular weight excluding hydrogens is 260 g/mol. The van der Waals surface area contributed by atoms with E-state index < -0.39 is 15.7 Å². The lowest BCUT2D eigenvalue weighted by Crippen LogP contribution is -2.46. The molecule has 0 saturated carbocycles. The average molecular weight is 284 g/mol. The largest absolute Gasteiger partial charge is 0.373 e. The molecule has 0 amide bonds. The van der Waals surface area contributed by atoms with Gasteiger partial charge in [-0.05, 0) is 26.0 Å². The summed E-state index contributed by atoms with van der Waals surface area (Å²) < 4.78 is 22.7. The van der Waals surface area contributed by atoms with Crippen molar-refractivity contribution in [3.05, 3.63) is 30.3 Å². The Morgan fingerprint density at radius 1 is 0.947 bits per heavy atom. The van der Waals surface area contributed by atoms with Gasteiger partial charge in [0.15, 0.2) is 9.76 Å². The van der Waals surface area contributed by atoms with Gasteiger partial charge in [0.2, 0.25) is 0 Å². The van der Waals surface area contributed by atoms with Crippen molar-refractivity contribution < 1.29 is 18.6 Å². The third-order valence-corrected chi connectivity index (χ3v) is 3.90. The van der Waals surface area contributed by atoms with Crippen molar-refractivity contribution in [3.8, 4) is 0 Å². The summed E-state index contributed by atoms with van der Waals surface area (Å²) in [5, 5.41) is 1.21. The van der Waals surface area contributed by atoms with Gasteiger partial charge in [-0.2, -0.15) is 0 Å². The lowest BCUT2D eigenvalue weighted by atomic mass is 10.4. The highest BCUT2D eigenvalue weighted by atomic mass is 28.2. The summed E-state index contributed by atoms with van der Waals surface area (Å²) in [6, 6.07) is 10.1. The van der Waals surface area contributed by atoms with Crippen LogP contribution in [0.25, 0.3) is 0 Å². The molecule has 1 rings (SSSR count). The molecule has 5 heteroatoms. The van der Waals surface area contributed by atoms with Crippen LogP contribution in [0.4, 0.5) is 0 Å². The van der Waals surface area contributed by atoms with E-state index in [4.69, 9.17) is 18.6 Å². The van der Waals surface area contributed by atoms with E-state index in [0.29, 0.717) is 26.4 Å². The van der Waals surface area contributed by atoms with E-state index in [9.17, 15) is 0 Å². The number of hydrogen-bond donors (Lipinski definition) is 0. The zero-order valence-corrected chi connectivity index (χ0v) is 13.5. The molecule has 0 spiro atoms. The van der Waals surface area contributed by atoms with Crippen LogP contribution in [0.1, 0.15) is 20.8 Å². The second kappa shape index (κ2) is 9.22. The molecule has 0 atom stereocenters. The van der Waals surface area contributed by atoms with E-state index >= 15 is 0 Å². The van der Waals surface area contributed by atoms with Crippen molar-refractivity contribution in [2.24, 2.45) is 0 Å². The zero-order valence-electron chi connectivity index (χ0n) is 12.1. The number of ether oxygens (including phenoxy) is 3. The molecule has 108 valence electrons. The van der Waals surface area contributed by atoms with Gasteiger partial charge >= 0.3 is 0 Å². The van der Waals surface area contributed by atoms with E-state index in [2.05, 4.69) is 12.1 Å². The van der Waals surface area contributed by atoms with Gasteiger partial charge in [0, 0.05) is 19.8 Å². The zero-order chi connectivity index (χ0) is 14.0. The fourth-order valence-corrected chi connectivity index (χ4v) is 2.79. The van der Waals surface area contributed by atoms with Crippen LogP contribution in [-0.2, 0) is 18.6 Å². The predicted octanol–water partition coefficient (Wildman–Crippen LogP) is 1.18. The molecule has 19 heavy (non-hydrogen) atoms. The Balaban J connectivity index is 2.65. The standard InChI is InChI=1S/C14H24O4Si/c1-4-15-12-14(16-5-2,17-6-3)18-19-13-10-8-7-9-11-13/h7-11H,4-6,12,19H2,1-3H3. The molecule has 0 N–H and O–H groups in total. The molecule has 0 aliphatic carbocycles. The highest BCUT2D eigenvalue weighted by Gasteiger charge is 2.33. The fourth-order valence-electron chi connectivity index (χ4n) is 1.68. The fraction of sp³-hybridized carbons (Fsp3) is 0.571. The van der Waals surface area contributed by atoms with Crippen LogP contribution in [0.5, 0.6) is 0 Å². The summed E-state index contributed by atoms with van der Waals surface area (Å²) in [7, 11) is -0.914. The van der Waals surface area contributed by atoms with Crippen LogP contribution in [0.2, 0.25) is 0 Å². The molecule has 4 nitrogen and oxygen atoms in total. The van der Waals surface area contributed by atoms with E-state index in [1.54, 1.807) is 0 Å². The molecule has 0 aliphatic rings. The van der Waals surface area contributed by atoms with Gasteiger partial charge in [-0.25, -0.2) is 0 Å². The normalized spacial score (nSPS) is 12.4. The number of benzene rings is 1. The monoisotopic (exact) mass is 284 g/mol. The summed E-state index contributed by atoms with van der Waals surface area (Å²) in [5.41, 5.74) is 0. The van der Waals surface area contributed by atoms with Crippen molar-refractivity contribution in [2.45, 2.75) is 26.7 Å². The predicted molar refractivity (Wildman–Crippen MR) is 78.2 cm³/mol. The van der Waals surface area contributed by atoms with E-state index in [1.807, 2.05) is 39.0 Å². The molecular formula is C14H24O4Si. The number of rotatable bonds is 10. The molecule has 0 saturated heterocycles. The summed E-state index contributed by atoms with van der Waals surface area (Å²) in [6.07, 6.45) is 0. The molecule has 0 unspecified atom stereocenters. The molecule has 0 fully saturated rings. The van der Waals surface area contributed by atoms with E-state index in [-0.39, 0.29) is 0 Å². The Labute approximate surface area is 118 Å². The minimum absolute atomic E-state index is 0.297. The van der Waals surface area contributed by atoms with Gasteiger partial charge in [0.25, 0.3) is 5.97 Å². The maximum atomic E-state index is 5.97. The lowest BCUT2D eigenvalue weighted by Gasteiger charge is -2.32. The third kappa shape index (κ3) is 5.84. The van der Waals surface area contributed by atoms with Gasteiger partial charge in [-0.15, -0.1) is 0 Å². The molecule has 1 aromatic carbocycles. The molecule has 0 radical (unpaired) electrons. The Morgan fingerprint density at radius 3 is 2.11 bits per heavy atom. The first-order chi connectivity index (χ1) is 9.26. The first kappa shape index (κ1) is 16.3. The summed E-state index contributed by atoms with van der Waals surface area (Å²) >= 11 is 0. The van der Waals surface area contributed by atoms with E-state index in [1.165, 1.54) is 5.19 Å². The SMILES string of the molecule is CCOCC(OCC)(OCC)O[SiH2]c1ccccc1. The molecule has 0 bridgehead atoms. The topological polar surface area (TPSA) is 36.9 Å². The Morgan fingerprint density at radius 2 is 1.58 bits per heavy atom. The minimum atomic E-state index is -1.05. The van der Waals surface area contributed by atoms with Crippen LogP contribution >= 0.6 is 0 Å². The van der Waals surface area contributed by atoms with Crippen molar-refractivity contribution >= 4 is 14.9 Å². The Hall–Kier alpha value is -0.723. The third-order valence-electron chi connectivity index (χ3n) is 2.51. The van der Waals surface area contributed by atoms with Crippen LogP contribution in [0.3, 0.4) is 0 Å². The second-order valence-corrected chi connectivity index (χ2v) is 5.35. The minimum Gasteiger partial charge on any atom is -0.373 e. The Bertz CT molecular complexity index is 325. The van der Waals surface area contributed by atoms with Gasteiger partial charge in [0.1, 0.15) is 6.61 Å². The van der Waals surface area contributed by atoms with Crippen molar-refractivity contribution in [3.63, 3.8) is 0 Å². The van der Waals surface area contributed by atoms with Crippen LogP contribution in [0.15, 0.2) is 30.3 Å². The van der Waals surface area contributed by atoms with Crippen LogP contribution in [-0.4, -0.2) is 42.2 Å². The second-order valence-electron chi connectivity index (χ2n) is 3.96. The number of hydrogen-bond acceptors (Lipinski definition) is 4. The summed E-state index contributed by atoms with van der Waals surface area (Å²) in [4.78, 5) is 0. The maximum absolute atomic E-state index is 5.97. The molecule has 0 aliphatic heterocycles. The quantitative estimate of drug-likeness (QED) is 0.477. The highest BCUT2D eigenvalue weighted by Crippen LogP contribution is 2.15. The highest BCUT2D eigenvalue weighted by molar-refractivity contribution is 6.46. The Kier molecular flexibility index (Phi) is 7.93. The maximum Gasteiger partial charge on any atom is 0.298 e. The van der Waals surface area contributed by atoms with Gasteiger partial charge in [0.05, 0.1) is 0 Å². The summed E-state index contributed by atoms with van der Waals surface area (Å²) in [6.45, 7) is 7.74. The van der Waals surface area contributed by atoms with Crippen LogP contribution < -0.4 is 5.19 Å². The van der Waals surface area contributed by atoms with E-state index in [0.717, 1.165) is 0 Å². The first-order valence-electron chi connectivity index (χ1n) is 6.79. The first-order valence-corrected chi connectivity index (χ1v) is 8.08. The van der Waals surface area contributed by atoms with Gasteiger partial charge in [-0.1, -0.05) is 30.3 Å². The molecule has 0 heterocycles. The molecule has 1 aromatic rings. The smallest absolute Gasteiger partial charge is 0.298 e. The lowest BCUT2D eigenvalue weighted by molar-refractivity contribution is -0.358. The van der Waals surface area contributed by atoms with Crippen LogP contribution in [0, 0.1) is 0 Å².